The molecular weight excluding hydrogens is 320 g/mol. The van der Waals surface area contributed by atoms with Gasteiger partial charge in [-0.2, -0.15) is 0 Å². The van der Waals surface area contributed by atoms with E-state index in [0.29, 0.717) is 18.4 Å². The predicted octanol–water partition coefficient (Wildman–Crippen LogP) is 2.74. The second-order valence-electron chi connectivity index (χ2n) is 5.37. The average Bonchev–Trinajstić information content (AvgIpc) is 2.41. The lowest BCUT2D eigenvalue weighted by atomic mass is 9.73. The van der Waals surface area contributed by atoms with E-state index in [1.165, 1.54) is 0 Å². The number of hydrogen-bond acceptors (Lipinski definition) is 3. The van der Waals surface area contributed by atoms with Gasteiger partial charge in [0.1, 0.15) is 0 Å². The van der Waals surface area contributed by atoms with Gasteiger partial charge in [0.05, 0.1) is 0 Å². The summed E-state index contributed by atoms with van der Waals surface area (Å²) in [6.45, 7) is 3.88. The van der Waals surface area contributed by atoms with Crippen molar-refractivity contribution in [1.29, 1.82) is 0 Å². The van der Waals surface area contributed by atoms with Gasteiger partial charge in [-0.1, -0.05) is 39.2 Å². The summed E-state index contributed by atoms with van der Waals surface area (Å²) in [5, 5.41) is 11.3. The second kappa shape index (κ2) is 5.92. The molecule has 0 aromatic heterocycles. The van der Waals surface area contributed by atoms with Gasteiger partial charge >= 0.3 is 0 Å². The van der Waals surface area contributed by atoms with Crippen molar-refractivity contribution >= 4 is 27.7 Å². The highest BCUT2D eigenvalue weighted by Gasteiger charge is 2.33. The normalized spacial score (nSPS) is 22.8. The van der Waals surface area contributed by atoms with Crippen molar-refractivity contribution in [3.8, 4) is 0 Å². The number of ketones is 1. The van der Waals surface area contributed by atoms with Crippen LogP contribution in [0.5, 0.6) is 0 Å². The maximum absolute atomic E-state index is 12.5. The van der Waals surface area contributed by atoms with E-state index in [0.717, 1.165) is 15.6 Å². The number of aliphatic carboxylic acids is 1. The van der Waals surface area contributed by atoms with E-state index in [1.807, 2.05) is 13.8 Å². The van der Waals surface area contributed by atoms with E-state index in [4.69, 9.17) is 0 Å². The molecule has 0 bridgehead atoms. The van der Waals surface area contributed by atoms with Gasteiger partial charge in [-0.05, 0) is 38.8 Å². The largest absolute Gasteiger partial charge is 0.550 e. The highest BCUT2D eigenvalue weighted by atomic mass is 79.9. The Hall–Kier alpha value is -1.42. The Morgan fingerprint density at radius 2 is 1.55 bits per heavy atom. The van der Waals surface area contributed by atoms with Gasteiger partial charge < -0.3 is 9.90 Å². The van der Waals surface area contributed by atoms with Crippen molar-refractivity contribution in [2.75, 3.05) is 0 Å². The lowest BCUT2D eigenvalue weighted by Crippen LogP contribution is -2.41. The number of hydrogen-bond donors (Lipinski definition) is 0. The third-order valence-corrected chi connectivity index (χ3v) is 4.56. The molecule has 106 valence electrons. The summed E-state index contributed by atoms with van der Waals surface area (Å²) in [4.78, 5) is 23.9. The first-order valence-corrected chi connectivity index (χ1v) is 7.35. The van der Waals surface area contributed by atoms with Crippen LogP contribution in [0.15, 0.2) is 39.9 Å². The van der Waals surface area contributed by atoms with Crippen molar-refractivity contribution in [2.45, 2.75) is 26.7 Å². The minimum absolute atomic E-state index is 0.112. The minimum atomic E-state index is -1.13. The average molecular weight is 336 g/mol. The van der Waals surface area contributed by atoms with Crippen molar-refractivity contribution in [1.82, 2.24) is 0 Å². The van der Waals surface area contributed by atoms with E-state index in [9.17, 15) is 14.7 Å². The number of carboxylic acid groups (broad SMARTS) is 1. The van der Waals surface area contributed by atoms with Gasteiger partial charge in [0.15, 0.2) is 5.78 Å². The van der Waals surface area contributed by atoms with Crippen LogP contribution in [-0.4, -0.2) is 11.8 Å². The topological polar surface area (TPSA) is 57.2 Å². The first-order chi connectivity index (χ1) is 9.40. The molecule has 0 fully saturated rings. The van der Waals surface area contributed by atoms with Crippen molar-refractivity contribution < 1.29 is 14.7 Å². The van der Waals surface area contributed by atoms with Gasteiger partial charge in [0.25, 0.3) is 0 Å². The summed E-state index contributed by atoms with van der Waals surface area (Å²) in [6, 6.07) is 7.02. The molecule has 4 heteroatoms. The summed E-state index contributed by atoms with van der Waals surface area (Å²) in [7, 11) is 0. The van der Waals surface area contributed by atoms with Gasteiger partial charge in [-0.25, -0.2) is 0 Å². The minimum Gasteiger partial charge on any atom is -0.550 e. The van der Waals surface area contributed by atoms with Crippen LogP contribution in [0.3, 0.4) is 0 Å². The molecule has 2 rings (SSSR count). The fourth-order valence-electron chi connectivity index (χ4n) is 2.64. The molecule has 0 aliphatic heterocycles. The maximum atomic E-state index is 12.5. The van der Waals surface area contributed by atoms with Gasteiger partial charge in [-0.15, -0.1) is 0 Å². The smallest absolute Gasteiger partial charge is 0.166 e. The first kappa shape index (κ1) is 15.0. The molecule has 0 heterocycles. The number of carbonyl (C=O) groups is 2. The lowest BCUT2D eigenvalue weighted by molar-refractivity contribution is -0.313. The van der Waals surface area contributed by atoms with E-state index >= 15 is 0 Å². The number of allylic oxidation sites excluding steroid dienone is 2. The Morgan fingerprint density at radius 3 is 2.05 bits per heavy atom. The van der Waals surface area contributed by atoms with Crippen LogP contribution in [0, 0.1) is 11.8 Å². The summed E-state index contributed by atoms with van der Waals surface area (Å²) >= 11 is 3.32. The van der Waals surface area contributed by atoms with Crippen molar-refractivity contribution in [3.05, 3.63) is 45.4 Å². The molecule has 0 saturated heterocycles. The highest BCUT2D eigenvalue weighted by molar-refractivity contribution is 9.10. The quantitative estimate of drug-likeness (QED) is 0.630. The van der Waals surface area contributed by atoms with Crippen molar-refractivity contribution in [3.63, 3.8) is 0 Å². The van der Waals surface area contributed by atoms with E-state index in [-0.39, 0.29) is 5.78 Å². The standard InChI is InChI=1S/C16H17BrO3/c1-9-7-13(14(16(19)20)8-10(9)2)15(18)11-3-5-12(17)6-4-11/h3-6,13-14H,7-8H2,1-2H3,(H,19,20)/p-1/t13-,14+/m0/s1. The summed E-state index contributed by atoms with van der Waals surface area (Å²) in [5.74, 6) is -2.49. The Balaban J connectivity index is 2.31. The van der Waals surface area contributed by atoms with E-state index < -0.39 is 17.8 Å². The zero-order valence-electron chi connectivity index (χ0n) is 11.5. The summed E-state index contributed by atoms with van der Waals surface area (Å²) in [6.07, 6.45) is 0.903. The Bertz CT molecular complexity index is 572. The molecule has 3 nitrogen and oxygen atoms in total. The van der Waals surface area contributed by atoms with Crippen LogP contribution in [0.2, 0.25) is 0 Å². The Kier molecular flexibility index (Phi) is 4.43. The van der Waals surface area contributed by atoms with Gasteiger partial charge in [0, 0.05) is 27.8 Å². The molecule has 20 heavy (non-hydrogen) atoms. The zero-order valence-corrected chi connectivity index (χ0v) is 13.1. The molecule has 0 unspecified atom stereocenters. The SMILES string of the molecule is CC1=C(C)C[C@@H](C(=O)[O-])[C@@H](C(=O)c2ccc(Br)cc2)C1. The number of rotatable bonds is 3. The molecule has 1 aliphatic carbocycles. The van der Waals surface area contributed by atoms with Crippen LogP contribution < -0.4 is 5.11 Å². The third kappa shape index (κ3) is 3.01. The molecule has 1 aromatic rings. The Morgan fingerprint density at radius 1 is 1.05 bits per heavy atom. The predicted molar refractivity (Wildman–Crippen MR) is 78.1 cm³/mol. The van der Waals surface area contributed by atoms with Crippen molar-refractivity contribution in [2.24, 2.45) is 11.8 Å². The second-order valence-corrected chi connectivity index (χ2v) is 6.29. The van der Waals surface area contributed by atoms with Crippen LogP contribution in [-0.2, 0) is 4.79 Å². The number of carbonyl (C=O) groups excluding carboxylic acids is 2. The van der Waals surface area contributed by atoms with E-state index in [1.54, 1.807) is 24.3 Å². The Labute approximate surface area is 126 Å². The fourth-order valence-corrected chi connectivity index (χ4v) is 2.91. The third-order valence-electron chi connectivity index (χ3n) is 4.03. The number of benzene rings is 1. The molecule has 2 atom stereocenters. The highest BCUT2D eigenvalue weighted by Crippen LogP contribution is 2.35. The number of halogens is 1. The molecule has 1 aromatic carbocycles. The summed E-state index contributed by atoms with van der Waals surface area (Å²) < 4.78 is 0.890. The molecule has 0 saturated carbocycles. The lowest BCUT2D eigenvalue weighted by Gasteiger charge is -2.32. The van der Waals surface area contributed by atoms with Crippen LogP contribution >= 0.6 is 15.9 Å². The first-order valence-electron chi connectivity index (χ1n) is 6.56. The molecule has 0 amide bonds. The number of carboxylic acids is 1. The van der Waals surface area contributed by atoms with Gasteiger partial charge in [-0.3, -0.25) is 4.79 Å². The van der Waals surface area contributed by atoms with Crippen LogP contribution in [0.25, 0.3) is 0 Å². The molecular formula is C16H16BrO3-. The van der Waals surface area contributed by atoms with Crippen LogP contribution in [0.1, 0.15) is 37.0 Å². The number of Topliss-reactive ketones (excluding diaryl/α,β-unsaturated/α-hetero) is 1. The maximum Gasteiger partial charge on any atom is 0.166 e. The fraction of sp³-hybridized carbons (Fsp3) is 0.375. The van der Waals surface area contributed by atoms with Crippen LogP contribution in [0.4, 0.5) is 0 Å². The molecule has 1 aliphatic rings. The van der Waals surface area contributed by atoms with E-state index in [2.05, 4.69) is 15.9 Å². The molecule has 0 N–H and O–H groups in total. The molecule has 0 spiro atoms. The summed E-state index contributed by atoms with van der Waals surface area (Å²) in [5.41, 5.74) is 2.72. The van der Waals surface area contributed by atoms with Gasteiger partial charge in [0.2, 0.25) is 0 Å². The molecule has 0 radical (unpaired) electrons. The monoisotopic (exact) mass is 335 g/mol. The zero-order chi connectivity index (χ0) is 14.9.